The molecule has 8 nitrogen and oxygen atoms in total. The first-order valence-corrected chi connectivity index (χ1v) is 12.5. The molecule has 0 saturated carbocycles. The number of aromatic hydroxyl groups is 1. The molecule has 3 N–H and O–H groups in total. The van der Waals surface area contributed by atoms with Gasteiger partial charge in [0.1, 0.15) is 23.4 Å². The number of terminal acetylenes is 1. The number of phenols is 1. The van der Waals surface area contributed by atoms with Gasteiger partial charge in [0.25, 0.3) is 5.91 Å². The van der Waals surface area contributed by atoms with E-state index in [4.69, 9.17) is 11.2 Å². The molecule has 2 rings (SSSR count). The lowest BCUT2D eigenvalue weighted by Gasteiger charge is -2.33. The van der Waals surface area contributed by atoms with Crippen molar-refractivity contribution in [1.82, 2.24) is 15.5 Å². The maximum atomic E-state index is 14.0. The van der Waals surface area contributed by atoms with Gasteiger partial charge in [-0.25, -0.2) is 4.79 Å². The van der Waals surface area contributed by atoms with Crippen molar-refractivity contribution in [1.29, 1.82) is 0 Å². The van der Waals surface area contributed by atoms with Crippen LogP contribution in [0.3, 0.4) is 0 Å². The summed E-state index contributed by atoms with van der Waals surface area (Å²) < 4.78 is 5.39. The van der Waals surface area contributed by atoms with Gasteiger partial charge in [0.05, 0.1) is 0 Å². The largest absolute Gasteiger partial charge is 0.508 e. The van der Waals surface area contributed by atoms with E-state index < -0.39 is 41.1 Å². The zero-order chi connectivity index (χ0) is 28.8. The summed E-state index contributed by atoms with van der Waals surface area (Å²) in [4.78, 5) is 41.3. The van der Waals surface area contributed by atoms with Crippen molar-refractivity contribution in [3.8, 4) is 18.2 Å². The maximum absolute atomic E-state index is 14.0. The van der Waals surface area contributed by atoms with Crippen LogP contribution in [0.2, 0.25) is 0 Å². The van der Waals surface area contributed by atoms with Gasteiger partial charge in [-0.3, -0.25) is 14.5 Å². The number of hydrogen-bond donors (Lipinski definition) is 3. The molecule has 38 heavy (non-hydrogen) atoms. The van der Waals surface area contributed by atoms with Gasteiger partial charge in [-0.15, -0.1) is 0 Å². The third-order valence-corrected chi connectivity index (χ3v) is 5.47. The standard InChI is InChI=1S/C30H39N3O5/c1-10-33(25(26(35)32-29(4,5)6)23-16-11-19(2)17-20(23)3)27(36)24(31-28(37)38-30(7,8)9)18-21-12-14-22(34)15-13-21/h1,11-17,24-25,34H,18H2,2-9H3,(H,31,37)(H,32,35). The van der Waals surface area contributed by atoms with E-state index in [9.17, 15) is 19.5 Å². The molecule has 0 saturated heterocycles. The van der Waals surface area contributed by atoms with Crippen LogP contribution in [0.5, 0.6) is 5.75 Å². The number of alkyl carbamates (subject to hydrolysis) is 1. The Bertz CT molecular complexity index is 1200. The molecule has 8 heteroatoms. The van der Waals surface area contributed by atoms with Gasteiger partial charge < -0.3 is 20.5 Å². The number of hydrogen-bond acceptors (Lipinski definition) is 5. The molecule has 204 valence electrons. The van der Waals surface area contributed by atoms with Crippen LogP contribution in [-0.4, -0.2) is 45.1 Å². The molecule has 0 aliphatic carbocycles. The van der Waals surface area contributed by atoms with Gasteiger partial charge in [0.15, 0.2) is 0 Å². The third kappa shape index (κ3) is 8.84. The minimum atomic E-state index is -1.15. The van der Waals surface area contributed by atoms with Crippen LogP contribution in [-0.2, 0) is 20.7 Å². The SMILES string of the molecule is C#CN(C(=O)C(Cc1ccc(O)cc1)NC(=O)OC(C)(C)C)C(C(=O)NC(C)(C)C)c1ccc(C)cc1C. The van der Waals surface area contributed by atoms with Crippen LogP contribution in [0, 0.1) is 26.3 Å². The van der Waals surface area contributed by atoms with Gasteiger partial charge in [-0.2, -0.15) is 0 Å². The van der Waals surface area contributed by atoms with Crippen LogP contribution < -0.4 is 10.6 Å². The quantitative estimate of drug-likeness (QED) is 0.367. The van der Waals surface area contributed by atoms with E-state index in [0.717, 1.165) is 16.0 Å². The second kappa shape index (κ2) is 12.0. The third-order valence-electron chi connectivity index (χ3n) is 5.47. The average Bonchev–Trinajstić information content (AvgIpc) is 2.76. The first-order chi connectivity index (χ1) is 17.5. The number of rotatable bonds is 7. The number of benzene rings is 2. The lowest BCUT2D eigenvalue weighted by molar-refractivity contribution is -0.139. The Labute approximate surface area is 225 Å². The summed E-state index contributed by atoms with van der Waals surface area (Å²) in [7, 11) is 0. The molecule has 0 aliphatic heterocycles. The Morgan fingerprint density at radius 1 is 1.03 bits per heavy atom. The van der Waals surface area contributed by atoms with Gasteiger partial charge in [-0.1, -0.05) is 42.3 Å². The van der Waals surface area contributed by atoms with Crippen LogP contribution in [0.15, 0.2) is 42.5 Å². The summed E-state index contributed by atoms with van der Waals surface area (Å²) in [6, 6.07) is 11.9. The molecule has 2 unspecified atom stereocenters. The van der Waals surface area contributed by atoms with Crippen molar-refractivity contribution in [3.05, 3.63) is 64.7 Å². The molecule has 0 aromatic heterocycles. The van der Waals surface area contributed by atoms with Crippen molar-refractivity contribution < 1.29 is 24.2 Å². The highest BCUT2D eigenvalue weighted by Crippen LogP contribution is 2.27. The Kier molecular flexibility index (Phi) is 9.58. The number of carbonyl (C=O) groups excluding carboxylic acids is 3. The van der Waals surface area contributed by atoms with Gasteiger partial charge in [0.2, 0.25) is 5.91 Å². The Hall–Kier alpha value is -3.99. The van der Waals surface area contributed by atoms with Crippen LogP contribution >= 0.6 is 0 Å². The van der Waals surface area contributed by atoms with Crippen LogP contribution in [0.1, 0.15) is 69.8 Å². The fraction of sp³-hybridized carbons (Fsp3) is 0.433. The number of aryl methyl sites for hydroxylation is 2. The van der Waals surface area contributed by atoms with Crippen LogP contribution in [0.25, 0.3) is 0 Å². The lowest BCUT2D eigenvalue weighted by Crippen LogP contribution is -2.54. The minimum Gasteiger partial charge on any atom is -0.508 e. The number of ether oxygens (including phenoxy) is 1. The second-order valence-corrected chi connectivity index (χ2v) is 11.4. The van der Waals surface area contributed by atoms with E-state index in [1.54, 1.807) is 39.0 Å². The average molecular weight is 522 g/mol. The van der Waals surface area contributed by atoms with E-state index in [-0.39, 0.29) is 12.2 Å². The zero-order valence-electron chi connectivity index (χ0n) is 23.5. The van der Waals surface area contributed by atoms with Crippen molar-refractivity contribution >= 4 is 17.9 Å². The predicted octanol–water partition coefficient (Wildman–Crippen LogP) is 4.52. The van der Waals surface area contributed by atoms with Crippen molar-refractivity contribution in [2.75, 3.05) is 0 Å². The van der Waals surface area contributed by atoms with E-state index in [2.05, 4.69) is 16.7 Å². The Balaban J connectivity index is 2.55. The normalized spacial score (nSPS) is 13.0. The van der Waals surface area contributed by atoms with E-state index >= 15 is 0 Å². The highest BCUT2D eigenvalue weighted by atomic mass is 16.6. The van der Waals surface area contributed by atoms with Crippen molar-refractivity contribution in [2.45, 2.75) is 85.0 Å². The van der Waals surface area contributed by atoms with Crippen molar-refractivity contribution in [3.63, 3.8) is 0 Å². The summed E-state index contributed by atoms with van der Waals surface area (Å²) in [6.45, 7) is 14.4. The first-order valence-electron chi connectivity index (χ1n) is 12.5. The Morgan fingerprint density at radius 3 is 2.13 bits per heavy atom. The molecule has 0 aliphatic rings. The highest BCUT2D eigenvalue weighted by molar-refractivity contribution is 5.93. The minimum absolute atomic E-state index is 0.0526. The fourth-order valence-corrected chi connectivity index (χ4v) is 3.92. The number of amides is 3. The molecular formula is C30H39N3O5. The summed E-state index contributed by atoms with van der Waals surface area (Å²) >= 11 is 0. The van der Waals surface area contributed by atoms with Gasteiger partial charge in [0, 0.05) is 18.0 Å². The highest BCUT2D eigenvalue weighted by Gasteiger charge is 2.37. The number of nitrogens with one attached hydrogen (secondary N) is 2. The van der Waals surface area contributed by atoms with Gasteiger partial charge >= 0.3 is 6.09 Å². The molecule has 0 bridgehead atoms. The summed E-state index contributed by atoms with van der Waals surface area (Å²) in [5, 5.41) is 15.2. The molecule has 0 radical (unpaired) electrons. The molecule has 2 aromatic rings. The number of nitrogens with zero attached hydrogens (tertiary/aromatic N) is 1. The van der Waals surface area contributed by atoms with Crippen LogP contribution in [0.4, 0.5) is 4.79 Å². The van der Waals surface area contributed by atoms with E-state index in [0.29, 0.717) is 11.1 Å². The smallest absolute Gasteiger partial charge is 0.408 e. The second-order valence-electron chi connectivity index (χ2n) is 11.4. The molecule has 0 heterocycles. The van der Waals surface area contributed by atoms with Gasteiger partial charge in [-0.05, 0) is 84.2 Å². The topological polar surface area (TPSA) is 108 Å². The molecule has 2 atom stereocenters. The lowest BCUT2D eigenvalue weighted by atomic mass is 9.95. The van der Waals surface area contributed by atoms with E-state index in [1.807, 2.05) is 46.8 Å². The first kappa shape index (κ1) is 30.2. The molecular weight excluding hydrogens is 482 g/mol. The summed E-state index contributed by atoms with van der Waals surface area (Å²) in [6.07, 6.45) is 5.13. The maximum Gasteiger partial charge on any atom is 0.408 e. The molecule has 2 aromatic carbocycles. The zero-order valence-corrected chi connectivity index (χ0v) is 23.5. The monoisotopic (exact) mass is 521 g/mol. The summed E-state index contributed by atoms with van der Waals surface area (Å²) in [5.74, 6) is -1.03. The molecule has 0 spiro atoms. The number of phenolic OH excluding ortho intramolecular Hbond substituents is 1. The predicted molar refractivity (Wildman–Crippen MR) is 147 cm³/mol. The molecule has 0 fully saturated rings. The van der Waals surface area contributed by atoms with Crippen molar-refractivity contribution in [2.24, 2.45) is 0 Å². The summed E-state index contributed by atoms with van der Waals surface area (Å²) in [5.41, 5.74) is 1.65. The number of carbonyl (C=O) groups is 3. The molecule has 3 amide bonds. The fourth-order valence-electron chi connectivity index (χ4n) is 3.92. The Morgan fingerprint density at radius 2 is 1.63 bits per heavy atom. The van der Waals surface area contributed by atoms with E-state index in [1.165, 1.54) is 12.1 Å².